The Hall–Kier alpha value is -2.94. The van der Waals surface area contributed by atoms with Gasteiger partial charge in [0.15, 0.2) is 22.4 Å². The molecule has 2 N–H and O–H groups in total. The number of hydrogen-bond acceptors (Lipinski definition) is 8. The van der Waals surface area contributed by atoms with Crippen molar-refractivity contribution < 1.29 is 19.0 Å². The SMILES string of the molecule is CCCSc1nc2c(c(=O)[nH]1)[C@H](c1cc(OC)c(OC)cc1OC)C1=C(CC(C)(C)CC1=O)N2. The van der Waals surface area contributed by atoms with Crippen molar-refractivity contribution >= 4 is 23.4 Å². The molecular weight excluding hydrogens is 454 g/mol. The summed E-state index contributed by atoms with van der Waals surface area (Å²) in [7, 11) is 4.66. The maximum atomic E-state index is 13.5. The van der Waals surface area contributed by atoms with Gasteiger partial charge in [0.1, 0.15) is 11.6 Å². The van der Waals surface area contributed by atoms with E-state index < -0.39 is 5.92 Å². The van der Waals surface area contributed by atoms with Crippen LogP contribution in [-0.2, 0) is 4.79 Å². The van der Waals surface area contributed by atoms with Gasteiger partial charge in [0.2, 0.25) is 0 Å². The standard InChI is InChI=1S/C25H31N3O5S/c1-7-8-34-24-27-22-21(23(30)28-24)19(20-14(26-22)11-25(2,3)12-15(20)29)13-9-17(32-5)18(33-6)10-16(13)31-4/h9-10,19H,7-8,11-12H2,1-6H3,(H2,26,27,28,30)/t19-/m1/s1. The minimum absolute atomic E-state index is 0.00933. The van der Waals surface area contributed by atoms with E-state index in [1.54, 1.807) is 33.5 Å². The number of fused-ring (bicyclic) bond motifs is 1. The molecule has 1 aliphatic heterocycles. The number of methoxy groups -OCH3 is 3. The van der Waals surface area contributed by atoms with E-state index in [1.807, 2.05) is 0 Å². The van der Waals surface area contributed by atoms with Gasteiger partial charge in [-0.1, -0.05) is 32.5 Å². The Bertz CT molecular complexity index is 1220. The van der Waals surface area contributed by atoms with Gasteiger partial charge in [-0.3, -0.25) is 9.59 Å². The Labute approximate surface area is 203 Å². The lowest BCUT2D eigenvalue weighted by molar-refractivity contribution is -0.118. The first kappa shape index (κ1) is 24.2. The minimum Gasteiger partial charge on any atom is -0.496 e. The summed E-state index contributed by atoms with van der Waals surface area (Å²) in [5.41, 5.74) is 1.97. The molecule has 0 saturated carbocycles. The summed E-state index contributed by atoms with van der Waals surface area (Å²) in [6.07, 6.45) is 2.03. The molecule has 0 saturated heterocycles. The van der Waals surface area contributed by atoms with Crippen LogP contribution in [0.4, 0.5) is 5.82 Å². The van der Waals surface area contributed by atoms with Gasteiger partial charge in [-0.05, 0) is 24.3 Å². The zero-order valence-corrected chi connectivity index (χ0v) is 21.3. The molecule has 0 fully saturated rings. The van der Waals surface area contributed by atoms with Gasteiger partial charge in [-0.2, -0.15) is 0 Å². The van der Waals surface area contributed by atoms with E-state index in [4.69, 9.17) is 19.2 Å². The second-order valence-electron chi connectivity index (χ2n) is 9.32. The van der Waals surface area contributed by atoms with Crippen molar-refractivity contribution in [2.24, 2.45) is 5.41 Å². The van der Waals surface area contributed by atoms with E-state index >= 15 is 0 Å². The smallest absolute Gasteiger partial charge is 0.257 e. The molecule has 2 aliphatic rings. The number of thioether (sulfide) groups is 1. The lowest BCUT2D eigenvalue weighted by Crippen LogP contribution is -2.37. The van der Waals surface area contributed by atoms with Crippen molar-refractivity contribution in [2.75, 3.05) is 32.4 Å². The summed E-state index contributed by atoms with van der Waals surface area (Å²) in [6, 6.07) is 3.51. The zero-order chi connectivity index (χ0) is 24.6. The highest BCUT2D eigenvalue weighted by molar-refractivity contribution is 7.99. The monoisotopic (exact) mass is 485 g/mol. The van der Waals surface area contributed by atoms with Crippen LogP contribution in [0.3, 0.4) is 0 Å². The first-order chi connectivity index (χ1) is 16.2. The lowest BCUT2D eigenvalue weighted by atomic mass is 9.69. The van der Waals surface area contributed by atoms with Gasteiger partial charge >= 0.3 is 0 Å². The van der Waals surface area contributed by atoms with Crippen LogP contribution in [0, 0.1) is 5.41 Å². The Morgan fingerprint density at radius 3 is 2.38 bits per heavy atom. The van der Waals surface area contributed by atoms with Crippen LogP contribution in [0.5, 0.6) is 17.2 Å². The van der Waals surface area contributed by atoms with Crippen LogP contribution in [0.25, 0.3) is 0 Å². The molecule has 0 radical (unpaired) electrons. The highest BCUT2D eigenvalue weighted by Gasteiger charge is 2.43. The quantitative estimate of drug-likeness (QED) is 0.437. The third-order valence-corrected chi connectivity index (χ3v) is 7.27. The number of H-pyrrole nitrogens is 1. The molecule has 182 valence electrons. The van der Waals surface area contributed by atoms with Crippen molar-refractivity contribution in [1.29, 1.82) is 0 Å². The van der Waals surface area contributed by atoms with E-state index in [-0.39, 0.29) is 16.8 Å². The van der Waals surface area contributed by atoms with Crippen LogP contribution in [-0.4, -0.2) is 42.8 Å². The molecule has 1 aromatic carbocycles. The first-order valence-corrected chi connectivity index (χ1v) is 12.3. The van der Waals surface area contributed by atoms with Crippen LogP contribution in [0.15, 0.2) is 33.4 Å². The molecule has 9 heteroatoms. The molecule has 0 unspecified atom stereocenters. The molecule has 1 aliphatic carbocycles. The maximum Gasteiger partial charge on any atom is 0.257 e. The summed E-state index contributed by atoms with van der Waals surface area (Å²) in [5.74, 6) is 2.18. The van der Waals surface area contributed by atoms with Crippen molar-refractivity contribution in [3.63, 3.8) is 0 Å². The molecule has 0 bridgehead atoms. The number of carbonyl (C=O) groups is 1. The fourth-order valence-electron chi connectivity index (χ4n) is 4.75. The maximum absolute atomic E-state index is 13.5. The number of hydrogen-bond donors (Lipinski definition) is 2. The average Bonchev–Trinajstić information content (AvgIpc) is 2.79. The molecular formula is C25H31N3O5S. The fourth-order valence-corrected chi connectivity index (χ4v) is 5.47. The van der Waals surface area contributed by atoms with Crippen molar-refractivity contribution in [3.05, 3.63) is 44.9 Å². The Morgan fingerprint density at radius 1 is 1.06 bits per heavy atom. The van der Waals surface area contributed by atoms with Gasteiger partial charge < -0.3 is 24.5 Å². The molecule has 2 aromatic rings. The predicted octanol–water partition coefficient (Wildman–Crippen LogP) is 4.50. The normalized spacial score (nSPS) is 18.6. The number of rotatable bonds is 7. The van der Waals surface area contributed by atoms with Crippen molar-refractivity contribution in [3.8, 4) is 17.2 Å². The van der Waals surface area contributed by atoms with E-state index in [2.05, 4.69) is 31.1 Å². The highest BCUT2D eigenvalue weighted by atomic mass is 32.2. The first-order valence-electron chi connectivity index (χ1n) is 11.3. The molecule has 8 nitrogen and oxygen atoms in total. The molecule has 4 rings (SSSR count). The number of aromatic nitrogens is 2. The number of nitrogens with one attached hydrogen (secondary N) is 2. The van der Waals surface area contributed by atoms with E-state index in [0.29, 0.717) is 57.8 Å². The summed E-state index contributed by atoms with van der Waals surface area (Å²) in [6.45, 7) is 6.23. The van der Waals surface area contributed by atoms with Gasteiger partial charge in [-0.15, -0.1) is 0 Å². The van der Waals surface area contributed by atoms with Crippen LogP contribution >= 0.6 is 11.8 Å². The third-order valence-electron chi connectivity index (χ3n) is 6.19. The Kier molecular flexibility index (Phi) is 6.66. The van der Waals surface area contributed by atoms with E-state index in [1.165, 1.54) is 11.8 Å². The number of ketones is 1. The largest absolute Gasteiger partial charge is 0.496 e. The van der Waals surface area contributed by atoms with E-state index in [9.17, 15) is 9.59 Å². The number of nitrogens with zero attached hydrogens (tertiary/aromatic N) is 1. The number of Topliss-reactive ketones (excluding diaryl/α,β-unsaturated/α-hetero) is 1. The number of benzene rings is 1. The second kappa shape index (κ2) is 9.37. The zero-order valence-electron chi connectivity index (χ0n) is 20.5. The van der Waals surface area contributed by atoms with E-state index in [0.717, 1.165) is 17.9 Å². The van der Waals surface area contributed by atoms with Gasteiger partial charge in [-0.25, -0.2) is 4.98 Å². The summed E-state index contributed by atoms with van der Waals surface area (Å²) >= 11 is 1.50. The van der Waals surface area contributed by atoms with Crippen molar-refractivity contribution in [2.45, 2.75) is 51.1 Å². The summed E-state index contributed by atoms with van der Waals surface area (Å²) < 4.78 is 16.7. The molecule has 34 heavy (non-hydrogen) atoms. The number of ether oxygens (including phenoxy) is 3. The average molecular weight is 486 g/mol. The number of aromatic amines is 1. The van der Waals surface area contributed by atoms with Gasteiger partial charge in [0.25, 0.3) is 5.56 Å². The highest BCUT2D eigenvalue weighted by Crippen LogP contribution is 2.51. The molecule has 1 atom stereocenters. The minimum atomic E-state index is -0.647. The van der Waals surface area contributed by atoms with Crippen LogP contribution < -0.4 is 25.1 Å². The third kappa shape index (κ3) is 4.29. The summed E-state index contributed by atoms with van der Waals surface area (Å²) in [5, 5.41) is 3.91. The van der Waals surface area contributed by atoms with Gasteiger partial charge in [0.05, 0.1) is 32.8 Å². The van der Waals surface area contributed by atoms with Crippen LogP contribution in [0.2, 0.25) is 0 Å². The van der Waals surface area contributed by atoms with Gasteiger partial charge in [0, 0.05) is 35.1 Å². The topological polar surface area (TPSA) is 103 Å². The number of allylic oxidation sites excluding steroid dienone is 2. The molecule has 1 aromatic heterocycles. The Morgan fingerprint density at radius 2 is 1.74 bits per heavy atom. The molecule has 0 amide bonds. The predicted molar refractivity (Wildman–Crippen MR) is 132 cm³/mol. The molecule has 0 spiro atoms. The number of anilines is 1. The number of carbonyl (C=O) groups excluding carboxylic acids is 1. The second-order valence-corrected chi connectivity index (χ2v) is 10.4. The Balaban J connectivity index is 1.99. The van der Waals surface area contributed by atoms with Crippen molar-refractivity contribution in [1.82, 2.24) is 9.97 Å². The lowest BCUT2D eigenvalue weighted by Gasteiger charge is -2.39. The molecule has 2 heterocycles. The summed E-state index contributed by atoms with van der Waals surface area (Å²) in [4.78, 5) is 34.6. The fraction of sp³-hybridized carbons (Fsp3) is 0.480. The van der Waals surface area contributed by atoms with Crippen LogP contribution in [0.1, 0.15) is 57.1 Å².